The maximum atomic E-state index is 11.0. The first-order valence-electron chi connectivity index (χ1n) is 9.50. The van der Waals surface area contributed by atoms with Crippen molar-refractivity contribution in [1.29, 1.82) is 0 Å². The Morgan fingerprint density at radius 3 is 2.58 bits per heavy atom. The van der Waals surface area contributed by atoms with Crippen molar-refractivity contribution in [2.75, 3.05) is 0 Å². The van der Waals surface area contributed by atoms with E-state index in [0.717, 1.165) is 50.7 Å². The molecular weight excluding hydrogens is 298 g/mol. The highest BCUT2D eigenvalue weighted by atomic mass is 16.4. The van der Waals surface area contributed by atoms with Crippen molar-refractivity contribution < 1.29 is 10.3 Å². The Hall–Kier alpha value is -1.27. The van der Waals surface area contributed by atoms with E-state index in [0.29, 0.717) is 17.8 Å². The lowest BCUT2D eigenvalue weighted by Crippen LogP contribution is -2.54. The molecule has 1 unspecified atom stereocenters. The summed E-state index contributed by atoms with van der Waals surface area (Å²) in [6.45, 7) is 4.67. The van der Waals surface area contributed by atoms with Gasteiger partial charge in [0, 0.05) is 5.41 Å². The van der Waals surface area contributed by atoms with Crippen molar-refractivity contribution in [3.8, 4) is 12.3 Å². The number of hydrogen-bond donors (Lipinski definition) is 2. The molecule has 24 heavy (non-hydrogen) atoms. The van der Waals surface area contributed by atoms with Crippen LogP contribution in [0.1, 0.15) is 65.2 Å². The molecule has 130 valence electrons. The van der Waals surface area contributed by atoms with Crippen LogP contribution in [0.15, 0.2) is 16.8 Å². The van der Waals surface area contributed by atoms with Gasteiger partial charge in [0.15, 0.2) is 0 Å². The number of hydrogen-bond acceptors (Lipinski definition) is 3. The Labute approximate surface area is 145 Å². The van der Waals surface area contributed by atoms with Gasteiger partial charge in [0.05, 0.1) is 5.71 Å². The molecule has 0 aromatic heterocycles. The quantitative estimate of drug-likeness (QED) is 0.399. The molecule has 2 N–H and O–H groups in total. The van der Waals surface area contributed by atoms with Gasteiger partial charge in [-0.3, -0.25) is 0 Å². The van der Waals surface area contributed by atoms with Gasteiger partial charge in [0.2, 0.25) is 0 Å². The topological polar surface area (TPSA) is 52.8 Å². The third-order valence-electron chi connectivity index (χ3n) is 8.50. The number of terminal acetylenes is 1. The van der Waals surface area contributed by atoms with Crippen molar-refractivity contribution >= 4 is 5.71 Å². The zero-order valence-electron chi connectivity index (χ0n) is 14.9. The zero-order chi connectivity index (χ0) is 17.2. The summed E-state index contributed by atoms with van der Waals surface area (Å²) in [5.41, 5.74) is 1.52. The Kier molecular flexibility index (Phi) is 3.45. The molecule has 4 aliphatic carbocycles. The molecule has 6 atom stereocenters. The molecule has 0 amide bonds. The molecule has 0 bridgehead atoms. The van der Waals surface area contributed by atoms with Crippen molar-refractivity contribution in [2.45, 2.75) is 70.8 Å². The van der Waals surface area contributed by atoms with Crippen LogP contribution in [0, 0.1) is 40.9 Å². The highest BCUT2D eigenvalue weighted by Gasteiger charge is 2.63. The van der Waals surface area contributed by atoms with E-state index >= 15 is 0 Å². The smallest absolute Gasteiger partial charge is 0.130 e. The molecule has 0 saturated heterocycles. The number of aliphatic hydroxyl groups is 1. The average molecular weight is 327 g/mol. The minimum atomic E-state index is -0.914. The van der Waals surface area contributed by atoms with Crippen molar-refractivity contribution in [1.82, 2.24) is 0 Å². The first kappa shape index (κ1) is 16.2. The van der Waals surface area contributed by atoms with Gasteiger partial charge in [-0.25, -0.2) is 0 Å². The van der Waals surface area contributed by atoms with Crippen LogP contribution in [0.3, 0.4) is 0 Å². The number of rotatable bonds is 0. The van der Waals surface area contributed by atoms with Crippen molar-refractivity contribution in [3.63, 3.8) is 0 Å². The van der Waals surface area contributed by atoms with E-state index in [9.17, 15) is 5.11 Å². The van der Waals surface area contributed by atoms with Gasteiger partial charge in [-0.05, 0) is 80.6 Å². The van der Waals surface area contributed by atoms with Crippen LogP contribution in [0.5, 0.6) is 0 Å². The van der Waals surface area contributed by atoms with Crippen LogP contribution >= 0.6 is 0 Å². The van der Waals surface area contributed by atoms with E-state index in [-0.39, 0.29) is 10.8 Å². The molecule has 0 heterocycles. The SMILES string of the molecule is C#CC1(O)CC[C@H]2[C@@H]3CCC4=CC(=NO)CC[C@]4(C)[C@H]3CC[C@@]21C. The maximum absolute atomic E-state index is 11.0. The van der Waals surface area contributed by atoms with E-state index in [1.54, 1.807) is 0 Å². The summed E-state index contributed by atoms with van der Waals surface area (Å²) >= 11 is 0. The molecule has 0 aromatic carbocycles. The van der Waals surface area contributed by atoms with Crippen LogP contribution in [0.4, 0.5) is 0 Å². The fourth-order valence-electron chi connectivity index (χ4n) is 6.90. The standard InChI is InChI=1S/C21H29NO2/c1-4-21(23)12-9-18-16-6-5-14-13-15(22-24)7-10-19(14,2)17(16)8-11-20(18,21)3/h1,13,16-18,23-24H,5-12H2,2-3H3/t16-,17+,18+,19+,20+,21?/m1/s1. The Bertz CT molecular complexity index is 659. The van der Waals surface area contributed by atoms with E-state index in [1.165, 1.54) is 12.0 Å². The lowest BCUT2D eigenvalue weighted by atomic mass is 9.46. The van der Waals surface area contributed by atoms with E-state index in [1.807, 2.05) is 0 Å². The van der Waals surface area contributed by atoms with Gasteiger partial charge in [-0.1, -0.05) is 30.5 Å². The monoisotopic (exact) mass is 327 g/mol. The Balaban J connectivity index is 1.69. The van der Waals surface area contributed by atoms with Gasteiger partial charge in [-0.15, -0.1) is 6.42 Å². The van der Waals surface area contributed by atoms with Gasteiger partial charge in [0.1, 0.15) is 5.60 Å². The molecule has 3 fully saturated rings. The lowest BCUT2D eigenvalue weighted by Gasteiger charge is -2.58. The minimum Gasteiger partial charge on any atom is -0.411 e. The third kappa shape index (κ3) is 1.87. The van der Waals surface area contributed by atoms with E-state index in [2.05, 4.69) is 31.0 Å². The highest BCUT2D eigenvalue weighted by molar-refractivity contribution is 5.96. The summed E-state index contributed by atoms with van der Waals surface area (Å²) < 4.78 is 0. The number of nitrogens with zero attached hydrogens (tertiary/aromatic N) is 1. The van der Waals surface area contributed by atoms with Gasteiger partial charge in [0.25, 0.3) is 0 Å². The van der Waals surface area contributed by atoms with E-state index in [4.69, 9.17) is 11.6 Å². The van der Waals surface area contributed by atoms with Crippen LogP contribution in [-0.2, 0) is 0 Å². The summed E-state index contributed by atoms with van der Waals surface area (Å²) in [5.74, 6) is 4.64. The molecule has 3 heteroatoms. The predicted octanol–water partition coefficient (Wildman–Crippen LogP) is 4.14. The molecule has 4 aliphatic rings. The van der Waals surface area contributed by atoms with Crippen molar-refractivity contribution in [3.05, 3.63) is 11.6 Å². The van der Waals surface area contributed by atoms with Gasteiger partial charge < -0.3 is 10.3 Å². The Morgan fingerprint density at radius 1 is 1.12 bits per heavy atom. The largest absolute Gasteiger partial charge is 0.411 e. The average Bonchev–Trinajstić information content (AvgIpc) is 2.86. The fourth-order valence-corrected chi connectivity index (χ4v) is 6.90. The molecular formula is C21H29NO2. The van der Waals surface area contributed by atoms with Crippen molar-refractivity contribution in [2.24, 2.45) is 33.7 Å². The molecule has 3 nitrogen and oxygen atoms in total. The number of oxime groups is 1. The Morgan fingerprint density at radius 2 is 1.88 bits per heavy atom. The second-order valence-electron chi connectivity index (χ2n) is 9.09. The van der Waals surface area contributed by atoms with Crippen LogP contribution in [-0.4, -0.2) is 21.6 Å². The lowest BCUT2D eigenvalue weighted by molar-refractivity contribution is -0.0987. The normalized spacial score (nSPS) is 52.0. The first-order valence-corrected chi connectivity index (χ1v) is 9.50. The summed E-state index contributed by atoms with van der Waals surface area (Å²) in [4.78, 5) is 0. The number of fused-ring (bicyclic) bond motifs is 5. The summed E-state index contributed by atoms with van der Waals surface area (Å²) in [6.07, 6.45) is 16.1. The van der Waals surface area contributed by atoms with Gasteiger partial charge in [-0.2, -0.15) is 0 Å². The molecule has 0 aromatic rings. The van der Waals surface area contributed by atoms with Gasteiger partial charge >= 0.3 is 0 Å². The van der Waals surface area contributed by atoms with E-state index < -0.39 is 5.60 Å². The third-order valence-corrected chi connectivity index (χ3v) is 8.50. The first-order chi connectivity index (χ1) is 11.4. The highest BCUT2D eigenvalue weighted by Crippen LogP contribution is 2.67. The van der Waals surface area contributed by atoms with Crippen LogP contribution < -0.4 is 0 Å². The predicted molar refractivity (Wildman–Crippen MR) is 94.7 cm³/mol. The van der Waals surface area contributed by atoms with Crippen LogP contribution in [0.2, 0.25) is 0 Å². The fraction of sp³-hybridized carbons (Fsp3) is 0.762. The maximum Gasteiger partial charge on any atom is 0.130 e. The number of allylic oxidation sites excluding steroid dienone is 2. The second-order valence-corrected chi connectivity index (χ2v) is 9.09. The molecule has 0 radical (unpaired) electrons. The minimum absolute atomic E-state index is 0.118. The summed E-state index contributed by atoms with van der Waals surface area (Å²) in [6, 6.07) is 0. The van der Waals surface area contributed by atoms with Crippen LogP contribution in [0.25, 0.3) is 0 Å². The molecule has 0 spiro atoms. The second kappa shape index (κ2) is 5.11. The summed E-state index contributed by atoms with van der Waals surface area (Å²) in [7, 11) is 0. The zero-order valence-corrected chi connectivity index (χ0v) is 14.9. The molecule has 0 aliphatic heterocycles. The molecule has 3 saturated carbocycles. The molecule has 4 rings (SSSR count). The summed E-state index contributed by atoms with van der Waals surface area (Å²) in [5, 5.41) is 23.6.